The summed E-state index contributed by atoms with van der Waals surface area (Å²) < 4.78 is 1.11. The van der Waals surface area contributed by atoms with Gasteiger partial charge in [-0.3, -0.25) is 9.79 Å². The Hall–Kier alpha value is -1.56. The first-order chi connectivity index (χ1) is 11.6. The van der Waals surface area contributed by atoms with Gasteiger partial charge >= 0.3 is 0 Å². The van der Waals surface area contributed by atoms with Crippen molar-refractivity contribution in [1.29, 1.82) is 0 Å². The third-order valence-electron chi connectivity index (χ3n) is 4.34. The van der Waals surface area contributed by atoms with Crippen LogP contribution in [0.15, 0.2) is 33.7 Å². The molecule has 0 spiro atoms. The average molecular weight is 409 g/mol. The summed E-state index contributed by atoms with van der Waals surface area (Å²) in [6, 6.07) is 8.51. The molecule has 1 fully saturated rings. The molecule has 25 heavy (non-hydrogen) atoms. The van der Waals surface area contributed by atoms with E-state index in [9.17, 15) is 4.79 Å². The molecule has 2 rings (SSSR count). The fraction of sp³-hybridized carbons (Fsp3) is 0.579. The van der Waals surface area contributed by atoms with Crippen molar-refractivity contribution in [3.05, 3.63) is 34.3 Å². The first-order valence-corrected chi connectivity index (χ1v) is 9.43. The predicted octanol–water partition coefficient (Wildman–Crippen LogP) is 2.90. The van der Waals surface area contributed by atoms with Gasteiger partial charge in [0.25, 0.3) is 0 Å². The number of carbonyl (C=O) groups is 1. The number of likely N-dealkylation sites (N-methyl/N-ethyl adjacent to an activating group) is 1. The van der Waals surface area contributed by atoms with Crippen molar-refractivity contribution in [3.8, 4) is 0 Å². The zero-order chi connectivity index (χ0) is 18.7. The minimum absolute atomic E-state index is 0.00826. The summed E-state index contributed by atoms with van der Waals surface area (Å²) in [4.78, 5) is 18.3. The zero-order valence-electron chi connectivity index (χ0n) is 15.8. The van der Waals surface area contributed by atoms with Crippen LogP contribution in [-0.4, -0.2) is 49.5 Å². The number of carbonyl (C=O) groups excluding carboxylic acids is 1. The first-order valence-electron chi connectivity index (χ1n) is 8.64. The Morgan fingerprint density at radius 2 is 2.04 bits per heavy atom. The van der Waals surface area contributed by atoms with Gasteiger partial charge in [-0.25, -0.2) is 0 Å². The lowest BCUT2D eigenvalue weighted by atomic mass is 9.96. The lowest BCUT2D eigenvalue weighted by Crippen LogP contribution is -2.49. The molecule has 1 aromatic carbocycles. The molecule has 1 amide bonds. The van der Waals surface area contributed by atoms with Crippen LogP contribution >= 0.6 is 15.9 Å². The van der Waals surface area contributed by atoms with E-state index in [1.807, 2.05) is 38.8 Å². The third kappa shape index (κ3) is 5.73. The lowest BCUT2D eigenvalue weighted by molar-refractivity contribution is -0.122. The quantitative estimate of drug-likeness (QED) is 0.581. The summed E-state index contributed by atoms with van der Waals surface area (Å²) in [7, 11) is 3.63. The minimum Gasteiger partial charge on any atom is -0.355 e. The van der Waals surface area contributed by atoms with Crippen LogP contribution in [-0.2, 0) is 10.2 Å². The van der Waals surface area contributed by atoms with E-state index < -0.39 is 0 Å². The summed E-state index contributed by atoms with van der Waals surface area (Å²) >= 11 is 3.55. The van der Waals surface area contributed by atoms with Gasteiger partial charge in [0.1, 0.15) is 0 Å². The van der Waals surface area contributed by atoms with Gasteiger partial charge in [0.2, 0.25) is 5.91 Å². The van der Waals surface area contributed by atoms with Crippen molar-refractivity contribution in [3.63, 3.8) is 0 Å². The number of hydrogen-bond donors (Lipinski definition) is 2. The molecule has 2 N–H and O–H groups in total. The van der Waals surface area contributed by atoms with Crippen molar-refractivity contribution < 1.29 is 4.79 Å². The van der Waals surface area contributed by atoms with Gasteiger partial charge in [0, 0.05) is 36.1 Å². The van der Waals surface area contributed by atoms with Crippen molar-refractivity contribution in [1.82, 2.24) is 15.5 Å². The number of aliphatic imine (C=N–C) groups is 1. The maximum absolute atomic E-state index is 12.1. The predicted molar refractivity (Wildman–Crippen MR) is 107 cm³/mol. The first kappa shape index (κ1) is 19.8. The van der Waals surface area contributed by atoms with Gasteiger partial charge in [-0.15, -0.1) is 0 Å². The van der Waals surface area contributed by atoms with Gasteiger partial charge in [-0.2, -0.15) is 0 Å². The van der Waals surface area contributed by atoms with Crippen LogP contribution in [0.1, 0.15) is 39.2 Å². The van der Waals surface area contributed by atoms with Crippen molar-refractivity contribution in [2.75, 3.05) is 27.2 Å². The van der Waals surface area contributed by atoms with Gasteiger partial charge in [0.15, 0.2) is 5.96 Å². The molecule has 1 aliphatic carbocycles. The third-order valence-corrected chi connectivity index (χ3v) is 4.84. The standard InChI is InChI=1S/C19H29BrN4O/c1-18(2,3)23-16(25)12-24(5)17(21-4)22-13-19(9-10-19)14-7-6-8-15(20)11-14/h6-8,11H,9-10,12-13H2,1-5H3,(H,21,22)(H,23,25). The van der Waals surface area contributed by atoms with E-state index in [1.54, 1.807) is 7.05 Å². The molecule has 0 saturated heterocycles. The summed E-state index contributed by atoms with van der Waals surface area (Å²) in [5, 5.41) is 6.42. The van der Waals surface area contributed by atoms with Crippen LogP contribution in [0.5, 0.6) is 0 Å². The molecule has 0 bridgehead atoms. The van der Waals surface area contributed by atoms with Gasteiger partial charge in [0.05, 0.1) is 6.54 Å². The zero-order valence-corrected chi connectivity index (χ0v) is 17.4. The number of benzene rings is 1. The molecule has 0 aromatic heterocycles. The Kier molecular flexibility index (Phi) is 6.14. The Morgan fingerprint density at radius 3 is 2.56 bits per heavy atom. The Morgan fingerprint density at radius 1 is 1.36 bits per heavy atom. The number of guanidine groups is 1. The summed E-state index contributed by atoms with van der Waals surface area (Å²) in [6.45, 7) is 7.04. The molecule has 5 nitrogen and oxygen atoms in total. The van der Waals surface area contributed by atoms with E-state index in [0.29, 0.717) is 0 Å². The van der Waals surface area contributed by atoms with E-state index in [2.05, 4.69) is 49.8 Å². The second kappa shape index (κ2) is 7.77. The molecular formula is C19H29BrN4O. The van der Waals surface area contributed by atoms with Crippen molar-refractivity contribution in [2.45, 2.75) is 44.6 Å². The minimum atomic E-state index is -0.229. The normalized spacial score (nSPS) is 16.3. The van der Waals surface area contributed by atoms with E-state index in [4.69, 9.17) is 0 Å². The van der Waals surface area contributed by atoms with Crippen molar-refractivity contribution in [2.24, 2.45) is 4.99 Å². The molecule has 138 valence electrons. The van der Waals surface area contributed by atoms with Gasteiger partial charge in [-0.1, -0.05) is 28.1 Å². The van der Waals surface area contributed by atoms with Crippen LogP contribution in [0.4, 0.5) is 0 Å². The lowest BCUT2D eigenvalue weighted by Gasteiger charge is -2.26. The second-order valence-electron chi connectivity index (χ2n) is 7.85. The van der Waals surface area contributed by atoms with Gasteiger partial charge in [-0.05, 0) is 51.3 Å². The average Bonchev–Trinajstić information content (AvgIpc) is 3.27. The summed E-state index contributed by atoms with van der Waals surface area (Å²) in [5.74, 6) is 0.733. The summed E-state index contributed by atoms with van der Waals surface area (Å²) in [6.07, 6.45) is 2.34. The fourth-order valence-electron chi connectivity index (χ4n) is 2.92. The van der Waals surface area contributed by atoms with Crippen LogP contribution < -0.4 is 10.6 Å². The number of amides is 1. The number of halogens is 1. The molecule has 1 aromatic rings. The molecule has 1 aliphatic rings. The maximum atomic E-state index is 12.1. The monoisotopic (exact) mass is 408 g/mol. The van der Waals surface area contributed by atoms with E-state index >= 15 is 0 Å². The Labute approximate surface area is 159 Å². The molecule has 0 atom stereocenters. The molecule has 6 heteroatoms. The number of nitrogens with zero attached hydrogens (tertiary/aromatic N) is 2. The molecule has 0 heterocycles. The molecule has 1 saturated carbocycles. The highest BCUT2D eigenvalue weighted by molar-refractivity contribution is 9.10. The molecule has 0 unspecified atom stereocenters. The van der Waals surface area contributed by atoms with Crippen LogP contribution in [0.3, 0.4) is 0 Å². The maximum Gasteiger partial charge on any atom is 0.240 e. The smallest absolute Gasteiger partial charge is 0.240 e. The van der Waals surface area contributed by atoms with Crippen LogP contribution in [0.25, 0.3) is 0 Å². The second-order valence-corrected chi connectivity index (χ2v) is 8.76. The Balaban J connectivity index is 1.93. The highest BCUT2D eigenvalue weighted by Gasteiger charge is 2.44. The van der Waals surface area contributed by atoms with Gasteiger partial charge < -0.3 is 15.5 Å². The van der Waals surface area contributed by atoms with Crippen LogP contribution in [0, 0.1) is 0 Å². The van der Waals surface area contributed by atoms with E-state index in [1.165, 1.54) is 18.4 Å². The SMILES string of the molecule is CN=C(NCC1(c2cccc(Br)c2)CC1)N(C)CC(=O)NC(C)(C)C. The fourth-order valence-corrected chi connectivity index (χ4v) is 3.32. The highest BCUT2D eigenvalue weighted by atomic mass is 79.9. The molecule has 0 aliphatic heterocycles. The summed E-state index contributed by atoms with van der Waals surface area (Å²) in [5.41, 5.74) is 1.29. The number of rotatable bonds is 5. The van der Waals surface area contributed by atoms with Crippen molar-refractivity contribution >= 4 is 27.8 Å². The van der Waals surface area contributed by atoms with E-state index in [0.717, 1.165) is 17.0 Å². The molecular weight excluding hydrogens is 380 g/mol. The topological polar surface area (TPSA) is 56.7 Å². The van der Waals surface area contributed by atoms with Crippen LogP contribution in [0.2, 0.25) is 0 Å². The highest BCUT2D eigenvalue weighted by Crippen LogP contribution is 2.48. The largest absolute Gasteiger partial charge is 0.355 e. The Bertz CT molecular complexity index is 647. The number of nitrogens with one attached hydrogen (secondary N) is 2. The van der Waals surface area contributed by atoms with E-state index in [-0.39, 0.29) is 23.4 Å². The molecule has 0 radical (unpaired) electrons. The number of hydrogen-bond acceptors (Lipinski definition) is 2.